The zero-order valence-electron chi connectivity index (χ0n) is 13.3. The number of rotatable bonds is 12. The molecule has 0 spiro atoms. The summed E-state index contributed by atoms with van der Waals surface area (Å²) in [7, 11) is 0.275. The molecule has 1 nitrogen and oxygen atoms in total. The fourth-order valence-corrected chi connectivity index (χ4v) is 5.43. The van der Waals surface area contributed by atoms with E-state index in [1.165, 1.54) is 57.5 Å². The van der Waals surface area contributed by atoms with E-state index in [-0.39, 0.29) is 7.92 Å². The molecule has 0 aromatic rings. The Morgan fingerprint density at radius 2 is 1.06 bits per heavy atom. The zero-order valence-corrected chi connectivity index (χ0v) is 14.1. The normalized spacial score (nSPS) is 12.0. The molecule has 0 unspecified atom stereocenters. The van der Waals surface area contributed by atoms with Crippen LogP contribution in [0.1, 0.15) is 79.1 Å². The summed E-state index contributed by atoms with van der Waals surface area (Å²) in [5, 5.41) is 0. The van der Waals surface area contributed by atoms with Crippen LogP contribution in [0.5, 0.6) is 0 Å². The van der Waals surface area contributed by atoms with E-state index in [2.05, 4.69) is 27.7 Å². The highest BCUT2D eigenvalue weighted by molar-refractivity contribution is 7.59. The van der Waals surface area contributed by atoms with Gasteiger partial charge in [0.1, 0.15) is 0 Å². The van der Waals surface area contributed by atoms with Gasteiger partial charge in [-0.15, -0.1) is 7.92 Å². The Morgan fingerprint density at radius 1 is 0.667 bits per heavy atom. The van der Waals surface area contributed by atoms with E-state index in [0.29, 0.717) is 0 Å². The van der Waals surface area contributed by atoms with Gasteiger partial charge in [-0.2, -0.15) is 0 Å². The first-order valence-corrected chi connectivity index (χ1v) is 9.72. The molecule has 2 N–H and O–H groups in total. The van der Waals surface area contributed by atoms with Crippen molar-refractivity contribution < 1.29 is 0 Å². The maximum absolute atomic E-state index is 5.49. The van der Waals surface area contributed by atoms with Crippen LogP contribution in [-0.4, -0.2) is 24.0 Å². The highest BCUT2D eigenvalue weighted by Crippen LogP contribution is 2.46. The van der Waals surface area contributed by atoms with Gasteiger partial charge < -0.3 is 5.73 Å². The lowest BCUT2D eigenvalue weighted by atomic mass is 10.1. The summed E-state index contributed by atoms with van der Waals surface area (Å²) in [6.45, 7) is 10.5. The van der Waals surface area contributed by atoms with Crippen LogP contribution in [0, 0.1) is 0 Å². The average molecular weight is 273 g/mol. The molecule has 0 rings (SSSR count). The molecule has 0 heterocycles. The Hall–Kier alpha value is 0.390. The van der Waals surface area contributed by atoms with Crippen molar-refractivity contribution in [3.63, 3.8) is 0 Å². The van der Waals surface area contributed by atoms with Crippen molar-refractivity contribution in [3.8, 4) is 0 Å². The lowest BCUT2D eigenvalue weighted by molar-refractivity contribution is 0.578. The Kier molecular flexibility index (Phi) is 12.7. The minimum absolute atomic E-state index is 0.275. The van der Waals surface area contributed by atoms with Gasteiger partial charge in [0.05, 0.1) is 0 Å². The monoisotopic (exact) mass is 273 g/mol. The molecule has 0 aromatic heterocycles. The Labute approximate surface area is 117 Å². The van der Waals surface area contributed by atoms with Crippen molar-refractivity contribution in [2.75, 3.05) is 12.7 Å². The van der Waals surface area contributed by atoms with Crippen LogP contribution in [0.25, 0.3) is 0 Å². The second-order valence-electron chi connectivity index (χ2n) is 6.04. The summed E-state index contributed by atoms with van der Waals surface area (Å²) in [6, 6.07) is 0. The summed E-state index contributed by atoms with van der Waals surface area (Å²) in [5.41, 5.74) is 7.31. The van der Waals surface area contributed by atoms with E-state index in [1.807, 2.05) is 0 Å². The summed E-state index contributed by atoms with van der Waals surface area (Å²) < 4.78 is 0. The molecule has 0 aliphatic heterocycles. The fraction of sp³-hybridized carbons (Fsp3) is 1.00. The largest absolute Gasteiger partial charge is 0.330 e. The maximum atomic E-state index is 5.49. The van der Waals surface area contributed by atoms with Gasteiger partial charge in [0, 0.05) is 0 Å². The zero-order chi connectivity index (χ0) is 13.8. The minimum Gasteiger partial charge on any atom is -0.330 e. The average Bonchev–Trinajstić information content (AvgIpc) is 2.30. The third-order valence-electron chi connectivity index (χ3n) is 3.70. The topological polar surface area (TPSA) is 26.0 Å². The predicted octanol–water partition coefficient (Wildman–Crippen LogP) is 5.36. The maximum Gasteiger partial charge on any atom is -0.00773 e. The van der Waals surface area contributed by atoms with Gasteiger partial charge in [0.2, 0.25) is 0 Å². The van der Waals surface area contributed by atoms with Crippen LogP contribution in [0.15, 0.2) is 0 Å². The number of unbranched alkanes of at least 4 members (excludes halogenated alkanes) is 7. The molecule has 0 saturated heterocycles. The van der Waals surface area contributed by atoms with Crippen LogP contribution in [0.2, 0.25) is 0 Å². The molecule has 0 amide bonds. The SMILES string of the molecule is CC(C)P(CCCCCCCCCCN)C(C)C. The van der Waals surface area contributed by atoms with Crippen molar-refractivity contribution in [2.45, 2.75) is 90.4 Å². The molecule has 0 radical (unpaired) electrons. The molecule has 0 aromatic carbocycles. The summed E-state index contributed by atoms with van der Waals surface area (Å²) in [4.78, 5) is 0. The van der Waals surface area contributed by atoms with Crippen molar-refractivity contribution in [3.05, 3.63) is 0 Å². The van der Waals surface area contributed by atoms with Gasteiger partial charge in [0.25, 0.3) is 0 Å². The minimum atomic E-state index is 0.275. The molecule has 0 fully saturated rings. The van der Waals surface area contributed by atoms with Gasteiger partial charge in [0.15, 0.2) is 0 Å². The van der Waals surface area contributed by atoms with Gasteiger partial charge in [-0.25, -0.2) is 0 Å². The van der Waals surface area contributed by atoms with E-state index >= 15 is 0 Å². The molecule has 2 heteroatoms. The number of nitrogens with two attached hydrogens (primary N) is 1. The lowest BCUT2D eigenvalue weighted by Gasteiger charge is -2.25. The van der Waals surface area contributed by atoms with Crippen LogP contribution in [0.4, 0.5) is 0 Å². The fourth-order valence-electron chi connectivity index (χ4n) is 2.61. The third kappa shape index (κ3) is 10.3. The van der Waals surface area contributed by atoms with Crippen molar-refractivity contribution in [1.29, 1.82) is 0 Å². The summed E-state index contributed by atoms with van der Waals surface area (Å²) in [6.07, 6.45) is 12.7. The van der Waals surface area contributed by atoms with Crippen LogP contribution in [-0.2, 0) is 0 Å². The van der Waals surface area contributed by atoms with Crippen LogP contribution < -0.4 is 5.73 Å². The standard InChI is InChI=1S/C16H36NP/c1-15(2)18(16(3)4)14-12-10-8-6-5-7-9-11-13-17/h15-16H,5-14,17H2,1-4H3. The highest BCUT2D eigenvalue weighted by atomic mass is 31.1. The number of hydrogen-bond acceptors (Lipinski definition) is 1. The highest BCUT2D eigenvalue weighted by Gasteiger charge is 2.15. The van der Waals surface area contributed by atoms with Crippen molar-refractivity contribution in [2.24, 2.45) is 5.73 Å². The third-order valence-corrected chi connectivity index (χ3v) is 7.18. The molecular weight excluding hydrogens is 237 g/mol. The molecule has 18 heavy (non-hydrogen) atoms. The molecule has 0 saturated carbocycles. The summed E-state index contributed by atoms with van der Waals surface area (Å²) >= 11 is 0. The Bertz CT molecular complexity index is 160. The lowest BCUT2D eigenvalue weighted by Crippen LogP contribution is -2.06. The van der Waals surface area contributed by atoms with Gasteiger partial charge >= 0.3 is 0 Å². The quantitative estimate of drug-likeness (QED) is 0.376. The molecule has 110 valence electrons. The second kappa shape index (κ2) is 12.4. The van der Waals surface area contributed by atoms with E-state index in [9.17, 15) is 0 Å². The van der Waals surface area contributed by atoms with E-state index in [1.54, 1.807) is 0 Å². The van der Waals surface area contributed by atoms with Gasteiger partial charge in [-0.3, -0.25) is 0 Å². The van der Waals surface area contributed by atoms with Crippen molar-refractivity contribution in [1.82, 2.24) is 0 Å². The van der Waals surface area contributed by atoms with E-state index in [0.717, 1.165) is 17.9 Å². The number of hydrogen-bond donors (Lipinski definition) is 1. The van der Waals surface area contributed by atoms with Crippen LogP contribution >= 0.6 is 7.92 Å². The molecule has 0 bridgehead atoms. The summed E-state index contributed by atoms with van der Waals surface area (Å²) in [5.74, 6) is 0. The first-order valence-electron chi connectivity index (χ1n) is 8.05. The molecule has 0 atom stereocenters. The van der Waals surface area contributed by atoms with Crippen molar-refractivity contribution >= 4 is 7.92 Å². The predicted molar refractivity (Wildman–Crippen MR) is 88.0 cm³/mol. The second-order valence-corrected chi connectivity index (χ2v) is 9.58. The smallest absolute Gasteiger partial charge is 0.00773 e. The Balaban J connectivity index is 3.33. The molecule has 0 aliphatic carbocycles. The van der Waals surface area contributed by atoms with E-state index in [4.69, 9.17) is 5.73 Å². The first-order chi connectivity index (χ1) is 8.59. The molecular formula is C16H36NP. The molecule has 0 aliphatic rings. The Morgan fingerprint density at radius 3 is 1.44 bits per heavy atom. The van der Waals surface area contributed by atoms with Gasteiger partial charge in [-0.1, -0.05) is 66.2 Å². The van der Waals surface area contributed by atoms with Gasteiger partial charge in [-0.05, 0) is 36.9 Å². The van der Waals surface area contributed by atoms with E-state index < -0.39 is 0 Å². The van der Waals surface area contributed by atoms with Crippen LogP contribution in [0.3, 0.4) is 0 Å². The first kappa shape index (κ1) is 18.4.